The fourth-order valence-corrected chi connectivity index (χ4v) is 2.64. The molecule has 0 aromatic heterocycles. The third-order valence-electron chi connectivity index (χ3n) is 3.71. The summed E-state index contributed by atoms with van der Waals surface area (Å²) >= 11 is 5.84. The Bertz CT molecular complexity index is 719. The molecule has 0 spiro atoms. The minimum Gasteiger partial charge on any atom is -0.454 e. The topological polar surface area (TPSA) is 50.8 Å². The number of ether oxygens (including phenoxy) is 2. The number of rotatable bonds is 6. The number of nitrogens with one attached hydrogen (secondary N) is 1. The summed E-state index contributed by atoms with van der Waals surface area (Å²) in [6.45, 7) is 1.74. The molecule has 6 heteroatoms. The van der Waals surface area contributed by atoms with E-state index in [9.17, 15) is 4.79 Å². The number of benzene rings is 2. The predicted molar refractivity (Wildman–Crippen MR) is 92.2 cm³/mol. The summed E-state index contributed by atoms with van der Waals surface area (Å²) in [6, 6.07) is 13.3. The third-order valence-corrected chi connectivity index (χ3v) is 3.96. The van der Waals surface area contributed by atoms with Crippen LogP contribution in [0.25, 0.3) is 0 Å². The van der Waals surface area contributed by atoms with E-state index in [0.717, 1.165) is 22.6 Å². The summed E-state index contributed by atoms with van der Waals surface area (Å²) in [4.78, 5) is 14.0. The van der Waals surface area contributed by atoms with Crippen LogP contribution >= 0.6 is 11.6 Å². The van der Waals surface area contributed by atoms with E-state index >= 15 is 0 Å². The minimum absolute atomic E-state index is 0.0202. The molecule has 1 aliphatic heterocycles. The van der Waals surface area contributed by atoms with Crippen molar-refractivity contribution in [3.05, 3.63) is 58.6 Å². The highest BCUT2D eigenvalue weighted by Gasteiger charge is 2.14. The first-order chi connectivity index (χ1) is 11.6. The highest BCUT2D eigenvalue weighted by atomic mass is 35.5. The molecule has 3 rings (SSSR count). The van der Waals surface area contributed by atoms with Gasteiger partial charge in [-0.05, 0) is 42.4 Å². The van der Waals surface area contributed by atoms with E-state index in [-0.39, 0.29) is 12.7 Å². The van der Waals surface area contributed by atoms with Crippen LogP contribution in [0, 0.1) is 0 Å². The standard InChI is InChI=1S/C18H19ClN2O3/c1-21(10-14-4-7-16-17(8-14)24-12-23-16)11-18(22)20-9-13-2-5-15(19)6-3-13/h2-8H,9-12H2,1H3,(H,20,22). The monoisotopic (exact) mass is 346 g/mol. The van der Waals surface area contributed by atoms with Gasteiger partial charge in [0.15, 0.2) is 11.5 Å². The van der Waals surface area contributed by atoms with Gasteiger partial charge in [-0.1, -0.05) is 29.8 Å². The maximum Gasteiger partial charge on any atom is 0.234 e. The molecule has 24 heavy (non-hydrogen) atoms. The molecule has 126 valence electrons. The normalized spacial score (nSPS) is 12.5. The van der Waals surface area contributed by atoms with Gasteiger partial charge < -0.3 is 14.8 Å². The molecule has 1 amide bonds. The summed E-state index contributed by atoms with van der Waals surface area (Å²) in [5.41, 5.74) is 2.10. The summed E-state index contributed by atoms with van der Waals surface area (Å²) in [6.07, 6.45) is 0. The number of hydrogen-bond acceptors (Lipinski definition) is 4. The second-order valence-electron chi connectivity index (χ2n) is 5.76. The second-order valence-corrected chi connectivity index (χ2v) is 6.20. The van der Waals surface area contributed by atoms with Crippen LogP contribution in [0.2, 0.25) is 5.02 Å². The Hall–Kier alpha value is -2.24. The van der Waals surface area contributed by atoms with Crippen LogP contribution in [0.15, 0.2) is 42.5 Å². The van der Waals surface area contributed by atoms with Gasteiger partial charge in [0, 0.05) is 18.1 Å². The number of carbonyl (C=O) groups is 1. The Labute approximate surface area is 146 Å². The molecule has 2 aromatic rings. The summed E-state index contributed by atoms with van der Waals surface area (Å²) in [7, 11) is 1.91. The smallest absolute Gasteiger partial charge is 0.234 e. The lowest BCUT2D eigenvalue weighted by molar-refractivity contribution is -0.122. The van der Waals surface area contributed by atoms with Crippen molar-refractivity contribution in [2.24, 2.45) is 0 Å². The molecule has 1 N–H and O–H groups in total. The van der Waals surface area contributed by atoms with E-state index in [2.05, 4.69) is 5.32 Å². The average molecular weight is 347 g/mol. The molecular weight excluding hydrogens is 328 g/mol. The van der Waals surface area contributed by atoms with Gasteiger partial charge in [0.25, 0.3) is 0 Å². The minimum atomic E-state index is -0.0202. The SMILES string of the molecule is CN(CC(=O)NCc1ccc(Cl)cc1)Cc1ccc2c(c1)OCO2. The van der Waals surface area contributed by atoms with Gasteiger partial charge in [-0.3, -0.25) is 9.69 Å². The van der Waals surface area contributed by atoms with Crippen molar-refractivity contribution >= 4 is 17.5 Å². The van der Waals surface area contributed by atoms with Crippen LogP contribution in [0.1, 0.15) is 11.1 Å². The van der Waals surface area contributed by atoms with Crippen LogP contribution in [0.3, 0.4) is 0 Å². The second kappa shape index (κ2) is 7.55. The Morgan fingerprint density at radius 3 is 2.62 bits per heavy atom. The first-order valence-corrected chi connectivity index (χ1v) is 8.06. The molecular formula is C18H19ClN2O3. The molecule has 0 atom stereocenters. The lowest BCUT2D eigenvalue weighted by atomic mass is 10.2. The van der Waals surface area contributed by atoms with Gasteiger partial charge in [0.05, 0.1) is 6.54 Å². The first-order valence-electron chi connectivity index (χ1n) is 7.68. The van der Waals surface area contributed by atoms with Crippen LogP contribution in [0.4, 0.5) is 0 Å². The Morgan fingerprint density at radius 2 is 1.83 bits per heavy atom. The zero-order chi connectivity index (χ0) is 16.9. The molecule has 0 saturated heterocycles. The lowest BCUT2D eigenvalue weighted by Crippen LogP contribution is -2.34. The van der Waals surface area contributed by atoms with Gasteiger partial charge in [-0.25, -0.2) is 0 Å². The van der Waals surface area contributed by atoms with Crippen molar-refractivity contribution in [3.63, 3.8) is 0 Å². The average Bonchev–Trinajstić information content (AvgIpc) is 3.02. The molecule has 0 aliphatic carbocycles. The van der Waals surface area contributed by atoms with Crippen molar-refractivity contribution in [2.45, 2.75) is 13.1 Å². The summed E-state index contributed by atoms with van der Waals surface area (Å²) < 4.78 is 10.7. The maximum absolute atomic E-state index is 12.0. The fraction of sp³-hybridized carbons (Fsp3) is 0.278. The fourth-order valence-electron chi connectivity index (χ4n) is 2.51. The van der Waals surface area contributed by atoms with Crippen LogP contribution in [-0.2, 0) is 17.9 Å². The largest absolute Gasteiger partial charge is 0.454 e. The number of hydrogen-bond donors (Lipinski definition) is 1. The van der Waals surface area contributed by atoms with Crippen LogP contribution in [0.5, 0.6) is 11.5 Å². The van der Waals surface area contributed by atoms with Gasteiger partial charge in [0.1, 0.15) is 0 Å². The van der Waals surface area contributed by atoms with Crippen LogP contribution in [-0.4, -0.2) is 31.2 Å². The van der Waals surface area contributed by atoms with Crippen molar-refractivity contribution in [2.75, 3.05) is 20.4 Å². The van der Waals surface area contributed by atoms with Crippen molar-refractivity contribution in [1.29, 1.82) is 0 Å². The van der Waals surface area contributed by atoms with Crippen molar-refractivity contribution in [3.8, 4) is 11.5 Å². The number of halogens is 1. The van der Waals surface area contributed by atoms with Gasteiger partial charge >= 0.3 is 0 Å². The third kappa shape index (κ3) is 4.40. The van der Waals surface area contributed by atoms with E-state index in [1.165, 1.54) is 0 Å². The quantitative estimate of drug-likeness (QED) is 0.874. The number of fused-ring (bicyclic) bond motifs is 1. The molecule has 0 bridgehead atoms. The van der Waals surface area contributed by atoms with E-state index in [0.29, 0.717) is 24.7 Å². The maximum atomic E-state index is 12.0. The molecule has 2 aromatic carbocycles. The molecule has 0 saturated carbocycles. The van der Waals surface area contributed by atoms with Crippen LogP contribution < -0.4 is 14.8 Å². The number of nitrogens with zero attached hydrogens (tertiary/aromatic N) is 1. The Kier molecular flexibility index (Phi) is 5.23. The molecule has 1 heterocycles. The van der Waals surface area contributed by atoms with E-state index in [1.54, 1.807) is 0 Å². The molecule has 1 aliphatic rings. The molecule has 5 nitrogen and oxygen atoms in total. The molecule has 0 fully saturated rings. The van der Waals surface area contributed by atoms with E-state index in [1.807, 2.05) is 54.4 Å². The van der Waals surface area contributed by atoms with Gasteiger partial charge in [0.2, 0.25) is 12.7 Å². The zero-order valence-corrected chi connectivity index (χ0v) is 14.2. The summed E-state index contributed by atoms with van der Waals surface area (Å²) in [5.74, 6) is 1.50. The highest BCUT2D eigenvalue weighted by molar-refractivity contribution is 6.30. The Morgan fingerprint density at radius 1 is 1.12 bits per heavy atom. The van der Waals surface area contributed by atoms with E-state index < -0.39 is 0 Å². The zero-order valence-electron chi connectivity index (χ0n) is 13.4. The number of carbonyl (C=O) groups excluding carboxylic acids is 1. The van der Waals surface area contributed by atoms with Crippen molar-refractivity contribution < 1.29 is 14.3 Å². The van der Waals surface area contributed by atoms with Gasteiger partial charge in [-0.2, -0.15) is 0 Å². The predicted octanol–water partition coefficient (Wildman–Crippen LogP) is 2.82. The molecule has 0 radical (unpaired) electrons. The van der Waals surface area contributed by atoms with Crippen molar-refractivity contribution in [1.82, 2.24) is 10.2 Å². The lowest BCUT2D eigenvalue weighted by Gasteiger charge is -2.16. The van der Waals surface area contributed by atoms with Gasteiger partial charge in [-0.15, -0.1) is 0 Å². The number of amides is 1. The highest BCUT2D eigenvalue weighted by Crippen LogP contribution is 2.32. The Balaban J connectivity index is 1.46. The molecule has 0 unspecified atom stereocenters. The first kappa shape index (κ1) is 16.6. The summed E-state index contributed by atoms with van der Waals surface area (Å²) in [5, 5.41) is 3.60. The number of likely N-dealkylation sites (N-methyl/N-ethyl adjacent to an activating group) is 1. The van der Waals surface area contributed by atoms with E-state index in [4.69, 9.17) is 21.1 Å².